The van der Waals surface area contributed by atoms with Crippen molar-refractivity contribution in [1.82, 2.24) is 10.2 Å². The van der Waals surface area contributed by atoms with Crippen molar-refractivity contribution in [3.63, 3.8) is 0 Å². The van der Waals surface area contributed by atoms with Crippen LogP contribution in [0.25, 0.3) is 0 Å². The SMILES string of the molecule is O=C(Cc1cc(Cl)c2c(c1)OCCCO2)NCC1CCCN(Cc2cccs2)C1. The number of hydrogen-bond acceptors (Lipinski definition) is 5. The van der Waals surface area contributed by atoms with Crippen LogP contribution >= 0.6 is 22.9 Å². The maximum Gasteiger partial charge on any atom is 0.224 e. The van der Waals surface area contributed by atoms with Crippen molar-refractivity contribution in [3.05, 3.63) is 45.1 Å². The molecule has 29 heavy (non-hydrogen) atoms. The first kappa shape index (κ1) is 20.5. The molecule has 1 amide bonds. The normalized spacial score (nSPS) is 19.6. The lowest BCUT2D eigenvalue weighted by atomic mass is 9.98. The fourth-order valence-corrected chi connectivity index (χ4v) is 5.01. The van der Waals surface area contributed by atoms with Crippen LogP contribution in [0, 0.1) is 5.92 Å². The summed E-state index contributed by atoms with van der Waals surface area (Å²) in [5, 5.41) is 5.75. The molecule has 1 N–H and O–H groups in total. The van der Waals surface area contributed by atoms with Crippen LogP contribution in [0.5, 0.6) is 11.5 Å². The van der Waals surface area contributed by atoms with Crippen molar-refractivity contribution in [2.75, 3.05) is 32.8 Å². The predicted molar refractivity (Wildman–Crippen MR) is 116 cm³/mol. The van der Waals surface area contributed by atoms with E-state index >= 15 is 0 Å². The van der Waals surface area contributed by atoms with Crippen molar-refractivity contribution >= 4 is 28.8 Å². The molecule has 4 rings (SSSR count). The molecule has 0 saturated carbocycles. The summed E-state index contributed by atoms with van der Waals surface area (Å²) in [5.41, 5.74) is 0.847. The number of hydrogen-bond donors (Lipinski definition) is 1. The van der Waals surface area contributed by atoms with Gasteiger partial charge in [0.1, 0.15) is 0 Å². The average molecular weight is 435 g/mol. The summed E-state index contributed by atoms with van der Waals surface area (Å²) < 4.78 is 11.4. The van der Waals surface area contributed by atoms with E-state index in [-0.39, 0.29) is 5.91 Å². The van der Waals surface area contributed by atoms with Crippen molar-refractivity contribution in [1.29, 1.82) is 0 Å². The van der Waals surface area contributed by atoms with E-state index in [2.05, 4.69) is 27.7 Å². The molecule has 156 valence electrons. The van der Waals surface area contributed by atoms with Crippen molar-refractivity contribution in [3.8, 4) is 11.5 Å². The molecule has 0 spiro atoms. The van der Waals surface area contributed by atoms with Gasteiger partial charge in [0.2, 0.25) is 5.91 Å². The second-order valence-electron chi connectivity index (χ2n) is 7.76. The Bertz CT molecular complexity index is 828. The molecule has 2 aliphatic heterocycles. The van der Waals surface area contributed by atoms with Crippen LogP contribution in [0.3, 0.4) is 0 Å². The van der Waals surface area contributed by atoms with Crippen LogP contribution < -0.4 is 14.8 Å². The minimum Gasteiger partial charge on any atom is -0.489 e. The minimum atomic E-state index is 0.0194. The molecule has 1 fully saturated rings. The van der Waals surface area contributed by atoms with Crippen LogP contribution in [0.2, 0.25) is 5.02 Å². The molecule has 2 aliphatic rings. The summed E-state index contributed by atoms with van der Waals surface area (Å²) in [4.78, 5) is 16.4. The molecular formula is C22H27ClN2O3S. The van der Waals surface area contributed by atoms with E-state index in [1.54, 1.807) is 6.07 Å². The highest BCUT2D eigenvalue weighted by Crippen LogP contribution is 2.38. The highest BCUT2D eigenvalue weighted by molar-refractivity contribution is 7.09. The van der Waals surface area contributed by atoms with E-state index in [9.17, 15) is 4.79 Å². The van der Waals surface area contributed by atoms with Crippen molar-refractivity contribution < 1.29 is 14.3 Å². The Labute approximate surface area is 180 Å². The number of amides is 1. The number of nitrogens with one attached hydrogen (secondary N) is 1. The van der Waals surface area contributed by atoms with Crippen LogP contribution in [0.1, 0.15) is 29.7 Å². The van der Waals surface area contributed by atoms with E-state index in [1.807, 2.05) is 17.4 Å². The summed E-state index contributed by atoms with van der Waals surface area (Å²) in [6, 6.07) is 7.97. The minimum absolute atomic E-state index is 0.0194. The fourth-order valence-electron chi connectivity index (χ4n) is 3.98. The number of likely N-dealkylation sites (tertiary alicyclic amines) is 1. The monoisotopic (exact) mass is 434 g/mol. The Hall–Kier alpha value is -1.76. The lowest BCUT2D eigenvalue weighted by molar-refractivity contribution is -0.120. The number of piperidine rings is 1. The zero-order valence-electron chi connectivity index (χ0n) is 16.5. The molecule has 2 aromatic rings. The molecule has 0 aliphatic carbocycles. The fraction of sp³-hybridized carbons (Fsp3) is 0.500. The Morgan fingerprint density at radius 2 is 2.17 bits per heavy atom. The number of benzene rings is 1. The summed E-state index contributed by atoms with van der Waals surface area (Å²) >= 11 is 8.14. The summed E-state index contributed by atoms with van der Waals surface area (Å²) in [5.74, 6) is 1.74. The topological polar surface area (TPSA) is 50.8 Å². The van der Waals surface area contributed by atoms with E-state index in [0.29, 0.717) is 42.1 Å². The molecule has 1 saturated heterocycles. The van der Waals surface area contributed by atoms with Crippen LogP contribution in [0.15, 0.2) is 29.6 Å². The standard InChI is InChI=1S/C22H27ClN2O3S/c23-19-10-17(11-20-22(19)28-8-3-7-27-20)12-21(26)24-13-16-4-1-6-25(14-16)15-18-5-2-9-29-18/h2,5,9-11,16H,1,3-4,6-8,12-15H2,(H,24,26). The maximum atomic E-state index is 12.5. The van der Waals surface area contributed by atoms with Crippen LogP contribution in [-0.4, -0.2) is 43.7 Å². The molecule has 0 bridgehead atoms. The zero-order valence-corrected chi connectivity index (χ0v) is 18.1. The van der Waals surface area contributed by atoms with Gasteiger partial charge in [-0.05, 0) is 54.4 Å². The first-order valence-electron chi connectivity index (χ1n) is 10.3. The number of carbonyl (C=O) groups excluding carboxylic acids is 1. The van der Waals surface area contributed by atoms with Gasteiger partial charge in [0, 0.05) is 30.9 Å². The third-order valence-corrected chi connectivity index (χ3v) is 6.52. The number of nitrogens with zero attached hydrogens (tertiary/aromatic N) is 1. The Kier molecular flexibility index (Phi) is 6.95. The number of carbonyl (C=O) groups is 1. The molecule has 1 atom stereocenters. The molecule has 0 radical (unpaired) electrons. The van der Waals surface area contributed by atoms with Crippen LogP contribution in [-0.2, 0) is 17.8 Å². The summed E-state index contributed by atoms with van der Waals surface area (Å²) in [7, 11) is 0. The largest absolute Gasteiger partial charge is 0.489 e. The number of thiophene rings is 1. The maximum absolute atomic E-state index is 12.5. The first-order chi connectivity index (χ1) is 14.2. The number of rotatable bonds is 6. The predicted octanol–water partition coefficient (Wildman–Crippen LogP) is 4.13. The van der Waals surface area contributed by atoms with Gasteiger partial charge in [0.25, 0.3) is 0 Å². The van der Waals surface area contributed by atoms with Gasteiger partial charge in [-0.1, -0.05) is 17.7 Å². The quantitative estimate of drug-likeness (QED) is 0.742. The highest BCUT2D eigenvalue weighted by atomic mass is 35.5. The first-order valence-corrected chi connectivity index (χ1v) is 11.5. The summed E-state index contributed by atoms with van der Waals surface area (Å²) in [6.45, 7) is 5.10. The Balaban J connectivity index is 1.27. The van der Waals surface area contributed by atoms with Gasteiger partial charge in [-0.25, -0.2) is 0 Å². The van der Waals surface area contributed by atoms with Crippen molar-refractivity contribution in [2.24, 2.45) is 5.92 Å². The zero-order chi connectivity index (χ0) is 20.1. The van der Waals surface area contributed by atoms with E-state index < -0.39 is 0 Å². The third-order valence-electron chi connectivity index (χ3n) is 5.38. The molecule has 3 heterocycles. The smallest absolute Gasteiger partial charge is 0.224 e. The average Bonchev–Trinajstić information content (AvgIpc) is 3.09. The number of fused-ring (bicyclic) bond motifs is 1. The van der Waals surface area contributed by atoms with E-state index in [0.717, 1.165) is 44.6 Å². The highest BCUT2D eigenvalue weighted by Gasteiger charge is 2.21. The molecule has 7 heteroatoms. The van der Waals surface area contributed by atoms with Gasteiger partial charge >= 0.3 is 0 Å². The van der Waals surface area contributed by atoms with Crippen LogP contribution in [0.4, 0.5) is 0 Å². The Morgan fingerprint density at radius 1 is 1.28 bits per heavy atom. The van der Waals surface area contributed by atoms with Gasteiger partial charge in [-0.3, -0.25) is 9.69 Å². The lowest BCUT2D eigenvalue weighted by Crippen LogP contribution is -2.40. The van der Waals surface area contributed by atoms with E-state index in [1.165, 1.54) is 11.3 Å². The number of halogens is 1. The molecule has 1 aromatic heterocycles. The molecular weight excluding hydrogens is 408 g/mol. The molecule has 5 nitrogen and oxygen atoms in total. The van der Waals surface area contributed by atoms with Gasteiger partial charge in [-0.15, -0.1) is 11.3 Å². The van der Waals surface area contributed by atoms with Gasteiger partial charge in [0.05, 0.1) is 24.7 Å². The molecule has 1 aromatic carbocycles. The second-order valence-corrected chi connectivity index (χ2v) is 9.20. The van der Waals surface area contributed by atoms with Crippen molar-refractivity contribution in [2.45, 2.75) is 32.2 Å². The second kappa shape index (κ2) is 9.83. The van der Waals surface area contributed by atoms with E-state index in [4.69, 9.17) is 21.1 Å². The van der Waals surface area contributed by atoms with Gasteiger partial charge < -0.3 is 14.8 Å². The summed E-state index contributed by atoms with van der Waals surface area (Å²) in [6.07, 6.45) is 3.47. The third kappa shape index (κ3) is 5.65. The molecule has 1 unspecified atom stereocenters. The lowest BCUT2D eigenvalue weighted by Gasteiger charge is -2.32. The van der Waals surface area contributed by atoms with Gasteiger partial charge in [0.15, 0.2) is 11.5 Å². The van der Waals surface area contributed by atoms with Gasteiger partial charge in [-0.2, -0.15) is 0 Å². The number of ether oxygens (including phenoxy) is 2. The Morgan fingerprint density at radius 3 is 3.03 bits per heavy atom.